The molecule has 1 saturated heterocycles. The van der Waals surface area contributed by atoms with Crippen LogP contribution in [0.2, 0.25) is 0 Å². The first kappa shape index (κ1) is 16.2. The van der Waals surface area contributed by atoms with E-state index >= 15 is 0 Å². The molecule has 3 rings (SSSR count). The second-order valence-electron chi connectivity index (χ2n) is 5.90. The summed E-state index contributed by atoms with van der Waals surface area (Å²) in [6, 6.07) is 6.29. The fourth-order valence-electron chi connectivity index (χ4n) is 2.96. The third-order valence-electron chi connectivity index (χ3n) is 4.26. The van der Waals surface area contributed by atoms with Gasteiger partial charge in [0.05, 0.1) is 12.5 Å². The molecule has 2 heterocycles. The summed E-state index contributed by atoms with van der Waals surface area (Å²) in [7, 11) is 0. The predicted octanol–water partition coefficient (Wildman–Crippen LogP) is 1.73. The van der Waals surface area contributed by atoms with Crippen molar-refractivity contribution in [3.63, 3.8) is 0 Å². The number of hydrogen-bond acceptors (Lipinski definition) is 4. The van der Waals surface area contributed by atoms with Crippen LogP contribution in [0.3, 0.4) is 0 Å². The molecule has 0 spiro atoms. The molecule has 0 aliphatic carbocycles. The van der Waals surface area contributed by atoms with Gasteiger partial charge >= 0.3 is 5.97 Å². The van der Waals surface area contributed by atoms with Gasteiger partial charge in [-0.25, -0.2) is 9.37 Å². The van der Waals surface area contributed by atoms with Crippen LogP contribution in [0.5, 0.6) is 0 Å². The van der Waals surface area contributed by atoms with Crippen molar-refractivity contribution in [1.82, 2.24) is 9.55 Å². The fraction of sp³-hybridized carbons (Fsp3) is 0.353. The Labute approximate surface area is 138 Å². The zero-order chi connectivity index (χ0) is 17.1. The van der Waals surface area contributed by atoms with Crippen molar-refractivity contribution in [2.45, 2.75) is 19.4 Å². The zero-order valence-corrected chi connectivity index (χ0v) is 13.1. The first-order valence-corrected chi connectivity index (χ1v) is 7.83. The summed E-state index contributed by atoms with van der Waals surface area (Å²) < 4.78 is 15.2. The molecule has 7 heteroatoms. The Morgan fingerprint density at radius 3 is 2.92 bits per heavy atom. The van der Waals surface area contributed by atoms with Crippen molar-refractivity contribution in [1.29, 1.82) is 0 Å². The third kappa shape index (κ3) is 3.29. The highest BCUT2D eigenvalue weighted by atomic mass is 19.1. The number of rotatable bonds is 4. The summed E-state index contributed by atoms with van der Waals surface area (Å²) in [6.45, 7) is 0.967. The van der Waals surface area contributed by atoms with E-state index in [1.165, 1.54) is 23.0 Å². The minimum absolute atomic E-state index is 0.108. The Balaban J connectivity index is 1.87. The van der Waals surface area contributed by atoms with Crippen LogP contribution in [0.1, 0.15) is 18.4 Å². The Bertz CT molecular complexity index is 806. The molecular weight excluding hydrogens is 313 g/mol. The summed E-state index contributed by atoms with van der Waals surface area (Å²) >= 11 is 0. The van der Waals surface area contributed by atoms with Crippen molar-refractivity contribution in [2.75, 3.05) is 18.0 Å². The van der Waals surface area contributed by atoms with Gasteiger partial charge in [0, 0.05) is 31.0 Å². The number of aliphatic carboxylic acids is 1. The van der Waals surface area contributed by atoms with Crippen molar-refractivity contribution < 1.29 is 14.3 Å². The lowest BCUT2D eigenvalue weighted by atomic mass is 9.98. The molecule has 1 aliphatic rings. The molecule has 2 aromatic rings. The molecular formula is C17H18FN3O3. The highest BCUT2D eigenvalue weighted by molar-refractivity contribution is 5.71. The summed E-state index contributed by atoms with van der Waals surface area (Å²) in [6.07, 6.45) is 4.29. The van der Waals surface area contributed by atoms with Gasteiger partial charge in [0.2, 0.25) is 0 Å². The van der Waals surface area contributed by atoms with E-state index in [2.05, 4.69) is 4.98 Å². The summed E-state index contributed by atoms with van der Waals surface area (Å²) in [4.78, 5) is 29.7. The number of carboxylic acids is 1. The van der Waals surface area contributed by atoms with Gasteiger partial charge in [0.15, 0.2) is 5.82 Å². The number of nitrogens with zero attached hydrogens (tertiary/aromatic N) is 3. The largest absolute Gasteiger partial charge is 0.481 e. The third-order valence-corrected chi connectivity index (χ3v) is 4.26. The molecule has 1 aromatic heterocycles. The van der Waals surface area contributed by atoms with E-state index in [0.717, 1.165) is 0 Å². The van der Waals surface area contributed by atoms with Crippen LogP contribution < -0.4 is 10.5 Å². The Kier molecular flexibility index (Phi) is 4.59. The van der Waals surface area contributed by atoms with Crippen molar-refractivity contribution in [2.24, 2.45) is 5.92 Å². The first-order chi connectivity index (χ1) is 11.6. The molecule has 1 atom stereocenters. The smallest absolute Gasteiger partial charge is 0.308 e. The number of aromatic nitrogens is 2. The van der Waals surface area contributed by atoms with Gasteiger partial charge in [0.1, 0.15) is 5.82 Å². The minimum Gasteiger partial charge on any atom is -0.481 e. The molecule has 1 aromatic carbocycles. The van der Waals surface area contributed by atoms with E-state index in [9.17, 15) is 19.1 Å². The minimum atomic E-state index is -0.859. The molecule has 0 saturated carbocycles. The average molecular weight is 331 g/mol. The number of anilines is 1. The number of benzene rings is 1. The highest BCUT2D eigenvalue weighted by Gasteiger charge is 2.27. The molecule has 1 aliphatic heterocycles. The molecule has 126 valence electrons. The van der Waals surface area contributed by atoms with Gasteiger partial charge in [-0.2, -0.15) is 0 Å². The lowest BCUT2D eigenvalue weighted by Gasteiger charge is -2.31. The van der Waals surface area contributed by atoms with E-state index < -0.39 is 11.9 Å². The highest BCUT2D eigenvalue weighted by Crippen LogP contribution is 2.19. The average Bonchev–Trinajstić information content (AvgIpc) is 2.59. The van der Waals surface area contributed by atoms with E-state index in [1.807, 2.05) is 0 Å². The van der Waals surface area contributed by atoms with E-state index in [-0.39, 0.29) is 30.3 Å². The second-order valence-corrected chi connectivity index (χ2v) is 5.90. The molecule has 1 N–H and O–H groups in total. The van der Waals surface area contributed by atoms with E-state index in [0.29, 0.717) is 24.9 Å². The number of carboxylic acid groups (broad SMARTS) is 1. The lowest BCUT2D eigenvalue weighted by molar-refractivity contribution is -0.141. The van der Waals surface area contributed by atoms with Crippen molar-refractivity contribution >= 4 is 11.8 Å². The molecule has 24 heavy (non-hydrogen) atoms. The number of hydrogen-bond donors (Lipinski definition) is 1. The van der Waals surface area contributed by atoms with Crippen LogP contribution in [0.15, 0.2) is 41.5 Å². The van der Waals surface area contributed by atoms with Gasteiger partial charge in [-0.05, 0) is 18.9 Å². The topological polar surface area (TPSA) is 75.4 Å². The molecule has 1 fully saturated rings. The lowest BCUT2D eigenvalue weighted by Crippen LogP contribution is -2.42. The first-order valence-electron chi connectivity index (χ1n) is 7.83. The number of halogens is 1. The van der Waals surface area contributed by atoms with E-state index in [1.54, 1.807) is 23.1 Å². The number of piperidine rings is 1. The summed E-state index contributed by atoms with van der Waals surface area (Å²) in [5.74, 6) is -1.51. The standard InChI is InChI=1S/C17H18FN3O3/c18-14-6-2-1-4-12(14)10-21-9-7-19-15(16(21)22)20-8-3-5-13(11-20)17(23)24/h1-2,4,6-7,9,13H,3,5,8,10-11H2,(H,23,24)/t13-/m1/s1. The monoisotopic (exact) mass is 331 g/mol. The molecule has 0 unspecified atom stereocenters. The maximum Gasteiger partial charge on any atom is 0.308 e. The zero-order valence-electron chi connectivity index (χ0n) is 13.1. The fourth-order valence-corrected chi connectivity index (χ4v) is 2.96. The van der Waals surface area contributed by atoms with Crippen LogP contribution in [0, 0.1) is 11.7 Å². The molecule has 0 amide bonds. The molecule has 0 radical (unpaired) electrons. The van der Waals surface area contributed by atoms with Crippen LogP contribution in [0.25, 0.3) is 0 Å². The van der Waals surface area contributed by atoms with Gasteiger partial charge in [-0.3, -0.25) is 9.59 Å². The van der Waals surface area contributed by atoms with Crippen LogP contribution in [-0.2, 0) is 11.3 Å². The van der Waals surface area contributed by atoms with E-state index in [4.69, 9.17) is 0 Å². The number of carbonyl (C=O) groups is 1. The van der Waals surface area contributed by atoms with Gasteiger partial charge < -0.3 is 14.6 Å². The summed E-state index contributed by atoms with van der Waals surface area (Å²) in [5, 5.41) is 9.18. The quantitative estimate of drug-likeness (QED) is 0.923. The molecule has 0 bridgehead atoms. The van der Waals surface area contributed by atoms with Crippen LogP contribution in [-0.4, -0.2) is 33.7 Å². The summed E-state index contributed by atoms with van der Waals surface area (Å²) in [5.41, 5.74) is 0.0746. The Hall–Kier alpha value is -2.70. The van der Waals surface area contributed by atoms with Crippen LogP contribution >= 0.6 is 0 Å². The van der Waals surface area contributed by atoms with Crippen LogP contribution in [0.4, 0.5) is 10.2 Å². The Morgan fingerprint density at radius 2 is 2.17 bits per heavy atom. The molecule has 6 nitrogen and oxygen atoms in total. The van der Waals surface area contributed by atoms with Gasteiger partial charge in [-0.15, -0.1) is 0 Å². The second kappa shape index (κ2) is 6.82. The predicted molar refractivity (Wildman–Crippen MR) is 86.6 cm³/mol. The maximum atomic E-state index is 13.8. The van der Waals surface area contributed by atoms with Crippen molar-refractivity contribution in [3.05, 3.63) is 58.4 Å². The van der Waals surface area contributed by atoms with Gasteiger partial charge in [-0.1, -0.05) is 18.2 Å². The Morgan fingerprint density at radius 1 is 1.38 bits per heavy atom. The SMILES string of the molecule is O=C(O)[C@@H]1CCCN(c2nccn(Cc3ccccc3F)c2=O)C1. The maximum absolute atomic E-state index is 13.8. The normalized spacial score (nSPS) is 17.7. The van der Waals surface area contributed by atoms with Crippen molar-refractivity contribution in [3.8, 4) is 0 Å². The van der Waals surface area contributed by atoms with Gasteiger partial charge in [0.25, 0.3) is 5.56 Å².